The van der Waals surface area contributed by atoms with E-state index in [0.29, 0.717) is 19.6 Å². The van der Waals surface area contributed by atoms with Gasteiger partial charge in [-0.05, 0) is 43.5 Å². The largest absolute Gasteiger partial charge is 0.368 e. The minimum atomic E-state index is -0.532. The molecule has 0 aliphatic carbocycles. The lowest BCUT2D eigenvalue weighted by Gasteiger charge is -2.36. The number of hydrogen-bond acceptors (Lipinski definition) is 3. The van der Waals surface area contributed by atoms with Crippen LogP contribution in [0.15, 0.2) is 42.5 Å². The van der Waals surface area contributed by atoms with E-state index < -0.39 is 11.8 Å². The molecule has 1 aliphatic heterocycles. The molecule has 0 unspecified atom stereocenters. The molecule has 2 aromatic rings. The molecule has 1 fully saturated rings. The summed E-state index contributed by atoms with van der Waals surface area (Å²) in [6, 6.07) is 14.2. The molecule has 2 amide bonds. The van der Waals surface area contributed by atoms with Crippen LogP contribution in [0.5, 0.6) is 0 Å². The van der Waals surface area contributed by atoms with E-state index in [0.717, 1.165) is 18.7 Å². The Morgan fingerprint density at radius 1 is 0.926 bits per heavy atom. The first kappa shape index (κ1) is 19.0. The maximum Gasteiger partial charge on any atom is 0.312 e. The van der Waals surface area contributed by atoms with Crippen LogP contribution in [-0.4, -0.2) is 42.9 Å². The fraction of sp³-hybridized carbons (Fsp3) is 0.364. The maximum absolute atomic E-state index is 12.4. The second-order valence-corrected chi connectivity index (χ2v) is 7.17. The SMILES string of the molecule is Cc1ccc(CNC(=O)C(=O)N2CCN(c3cccc(C)c3C)CC2)cc1. The van der Waals surface area contributed by atoms with Crippen molar-refractivity contribution < 1.29 is 9.59 Å². The van der Waals surface area contributed by atoms with Crippen LogP contribution in [0.25, 0.3) is 0 Å². The molecule has 1 aliphatic rings. The van der Waals surface area contributed by atoms with Gasteiger partial charge in [0.15, 0.2) is 0 Å². The van der Waals surface area contributed by atoms with Crippen LogP contribution in [-0.2, 0) is 16.1 Å². The molecule has 0 atom stereocenters. The third-order valence-electron chi connectivity index (χ3n) is 5.25. The van der Waals surface area contributed by atoms with Gasteiger partial charge in [0.1, 0.15) is 0 Å². The number of nitrogens with zero attached hydrogens (tertiary/aromatic N) is 2. The Morgan fingerprint density at radius 3 is 2.26 bits per heavy atom. The standard InChI is InChI=1S/C22H27N3O2/c1-16-7-9-19(10-8-16)15-23-21(26)22(27)25-13-11-24(12-14-25)20-6-4-5-17(2)18(20)3/h4-10H,11-15H2,1-3H3,(H,23,26). The van der Waals surface area contributed by atoms with Crippen LogP contribution in [0.3, 0.4) is 0 Å². The number of nitrogens with one attached hydrogen (secondary N) is 1. The summed E-state index contributed by atoms with van der Waals surface area (Å²) in [6.07, 6.45) is 0. The number of benzene rings is 2. The third-order valence-corrected chi connectivity index (χ3v) is 5.25. The van der Waals surface area contributed by atoms with E-state index in [-0.39, 0.29) is 0 Å². The number of amides is 2. The van der Waals surface area contributed by atoms with Gasteiger partial charge in [0.05, 0.1) is 0 Å². The van der Waals surface area contributed by atoms with Gasteiger partial charge in [-0.3, -0.25) is 9.59 Å². The van der Waals surface area contributed by atoms with E-state index in [1.54, 1.807) is 4.90 Å². The quantitative estimate of drug-likeness (QED) is 0.851. The first-order valence-corrected chi connectivity index (χ1v) is 9.39. The number of carbonyl (C=O) groups excluding carboxylic acids is 2. The van der Waals surface area contributed by atoms with E-state index in [9.17, 15) is 9.59 Å². The number of carbonyl (C=O) groups is 2. The van der Waals surface area contributed by atoms with Gasteiger partial charge in [-0.2, -0.15) is 0 Å². The molecule has 27 heavy (non-hydrogen) atoms. The van der Waals surface area contributed by atoms with E-state index in [1.165, 1.54) is 22.4 Å². The molecule has 5 nitrogen and oxygen atoms in total. The van der Waals surface area contributed by atoms with Crippen molar-refractivity contribution in [1.29, 1.82) is 0 Å². The van der Waals surface area contributed by atoms with E-state index >= 15 is 0 Å². The second-order valence-electron chi connectivity index (χ2n) is 7.17. The van der Waals surface area contributed by atoms with Gasteiger partial charge in [0.25, 0.3) is 0 Å². The number of anilines is 1. The Hall–Kier alpha value is -2.82. The molecule has 0 aromatic heterocycles. The molecular formula is C22H27N3O2. The lowest BCUT2D eigenvalue weighted by Crippen LogP contribution is -2.52. The zero-order chi connectivity index (χ0) is 19.4. The normalized spacial score (nSPS) is 14.2. The number of rotatable bonds is 3. The monoisotopic (exact) mass is 365 g/mol. The highest BCUT2D eigenvalue weighted by Crippen LogP contribution is 2.23. The Kier molecular flexibility index (Phi) is 5.79. The highest BCUT2D eigenvalue weighted by molar-refractivity contribution is 6.35. The molecule has 1 N–H and O–H groups in total. The van der Waals surface area contributed by atoms with Crippen molar-refractivity contribution in [1.82, 2.24) is 10.2 Å². The van der Waals surface area contributed by atoms with Crippen LogP contribution in [0.2, 0.25) is 0 Å². The van der Waals surface area contributed by atoms with Crippen molar-refractivity contribution in [2.24, 2.45) is 0 Å². The van der Waals surface area contributed by atoms with E-state index in [1.807, 2.05) is 31.2 Å². The third kappa shape index (κ3) is 4.48. The van der Waals surface area contributed by atoms with Crippen LogP contribution in [0, 0.1) is 20.8 Å². The molecular weight excluding hydrogens is 338 g/mol. The first-order chi connectivity index (χ1) is 13.0. The van der Waals surface area contributed by atoms with Crippen molar-refractivity contribution in [3.05, 3.63) is 64.7 Å². The highest BCUT2D eigenvalue weighted by Gasteiger charge is 2.26. The smallest absolute Gasteiger partial charge is 0.312 e. The topological polar surface area (TPSA) is 52.7 Å². The maximum atomic E-state index is 12.4. The van der Waals surface area contributed by atoms with Crippen molar-refractivity contribution >= 4 is 17.5 Å². The van der Waals surface area contributed by atoms with Gasteiger partial charge >= 0.3 is 11.8 Å². The molecule has 0 bridgehead atoms. The van der Waals surface area contributed by atoms with E-state index in [2.05, 4.69) is 42.3 Å². The molecule has 0 radical (unpaired) electrons. The molecule has 0 spiro atoms. The summed E-state index contributed by atoms with van der Waals surface area (Å²) < 4.78 is 0. The summed E-state index contributed by atoms with van der Waals surface area (Å²) >= 11 is 0. The van der Waals surface area contributed by atoms with Crippen LogP contribution >= 0.6 is 0 Å². The van der Waals surface area contributed by atoms with Gasteiger partial charge in [-0.1, -0.05) is 42.0 Å². The lowest BCUT2D eigenvalue weighted by atomic mass is 10.1. The molecule has 142 valence electrons. The van der Waals surface area contributed by atoms with Gasteiger partial charge in [-0.15, -0.1) is 0 Å². The molecule has 3 rings (SSSR count). The van der Waals surface area contributed by atoms with Crippen LogP contribution in [0.1, 0.15) is 22.3 Å². The number of aryl methyl sites for hydroxylation is 2. The Labute approximate surface area is 161 Å². The Bertz CT molecular complexity index is 822. The summed E-state index contributed by atoms with van der Waals surface area (Å²) in [5.74, 6) is -0.974. The van der Waals surface area contributed by atoms with Gasteiger partial charge in [0, 0.05) is 38.4 Å². The lowest BCUT2D eigenvalue weighted by molar-refractivity contribution is -0.146. The summed E-state index contributed by atoms with van der Waals surface area (Å²) in [5.41, 5.74) is 5.91. The molecule has 1 heterocycles. The zero-order valence-electron chi connectivity index (χ0n) is 16.3. The number of hydrogen-bond donors (Lipinski definition) is 1. The van der Waals surface area contributed by atoms with Crippen molar-refractivity contribution in [2.75, 3.05) is 31.1 Å². The molecule has 2 aromatic carbocycles. The van der Waals surface area contributed by atoms with Crippen molar-refractivity contribution in [3.8, 4) is 0 Å². The average molecular weight is 365 g/mol. The Balaban J connectivity index is 1.52. The minimum absolute atomic E-state index is 0.368. The fourth-order valence-electron chi connectivity index (χ4n) is 3.34. The van der Waals surface area contributed by atoms with Crippen LogP contribution < -0.4 is 10.2 Å². The number of piperazine rings is 1. The van der Waals surface area contributed by atoms with E-state index in [4.69, 9.17) is 0 Å². The second kappa shape index (κ2) is 8.25. The summed E-state index contributed by atoms with van der Waals surface area (Å²) in [6.45, 7) is 9.21. The predicted molar refractivity (Wildman–Crippen MR) is 108 cm³/mol. The minimum Gasteiger partial charge on any atom is -0.368 e. The molecule has 1 saturated heterocycles. The summed E-state index contributed by atoms with van der Waals surface area (Å²) in [5, 5.41) is 2.73. The highest BCUT2D eigenvalue weighted by atomic mass is 16.2. The summed E-state index contributed by atoms with van der Waals surface area (Å²) in [4.78, 5) is 28.6. The van der Waals surface area contributed by atoms with Crippen LogP contribution in [0.4, 0.5) is 5.69 Å². The predicted octanol–water partition coefficient (Wildman–Crippen LogP) is 2.58. The first-order valence-electron chi connectivity index (χ1n) is 9.39. The molecule has 0 saturated carbocycles. The van der Waals surface area contributed by atoms with Crippen molar-refractivity contribution in [2.45, 2.75) is 27.3 Å². The van der Waals surface area contributed by atoms with Gasteiger partial charge in [0.2, 0.25) is 0 Å². The van der Waals surface area contributed by atoms with Gasteiger partial charge < -0.3 is 15.1 Å². The Morgan fingerprint density at radius 2 is 1.59 bits per heavy atom. The molecule has 5 heteroatoms. The fourth-order valence-corrected chi connectivity index (χ4v) is 3.34. The average Bonchev–Trinajstić information content (AvgIpc) is 2.69. The van der Waals surface area contributed by atoms with Gasteiger partial charge in [-0.25, -0.2) is 0 Å². The zero-order valence-corrected chi connectivity index (χ0v) is 16.3. The van der Waals surface area contributed by atoms with Crippen molar-refractivity contribution in [3.63, 3.8) is 0 Å². The summed E-state index contributed by atoms with van der Waals surface area (Å²) in [7, 11) is 0.